The van der Waals surface area contributed by atoms with Gasteiger partial charge in [-0.05, 0) is 19.3 Å². The summed E-state index contributed by atoms with van der Waals surface area (Å²) in [5, 5.41) is 0. The normalized spacial score (nSPS) is 25.9. The van der Waals surface area contributed by atoms with Crippen molar-refractivity contribution in [3.63, 3.8) is 0 Å². The van der Waals surface area contributed by atoms with Crippen molar-refractivity contribution in [1.82, 2.24) is 9.80 Å². The Morgan fingerprint density at radius 3 is 2.64 bits per heavy atom. The van der Waals surface area contributed by atoms with Crippen molar-refractivity contribution in [3.05, 3.63) is 0 Å². The van der Waals surface area contributed by atoms with Crippen LogP contribution in [0.5, 0.6) is 0 Å². The maximum Gasteiger partial charge on any atom is 0.248 e. The molecule has 0 aromatic carbocycles. The fraction of sp³-hybridized carbons (Fsp3) is 0.800. The van der Waals surface area contributed by atoms with Gasteiger partial charge in [-0.2, -0.15) is 0 Å². The van der Waals surface area contributed by atoms with E-state index in [0.717, 1.165) is 25.8 Å². The maximum absolute atomic E-state index is 12.6. The lowest BCUT2D eigenvalue weighted by atomic mass is 9.95. The Hall–Kier alpha value is -1.63. The number of piperidine rings is 1. The van der Waals surface area contributed by atoms with Crippen LogP contribution >= 0.6 is 0 Å². The summed E-state index contributed by atoms with van der Waals surface area (Å²) >= 11 is 0. The number of hydrogen-bond donors (Lipinski definition) is 1. The van der Waals surface area contributed by atoms with Gasteiger partial charge in [0.25, 0.3) is 0 Å². The Kier molecular flexibility index (Phi) is 5.76. The van der Waals surface area contributed by atoms with E-state index in [2.05, 4.69) is 0 Å². The Bertz CT molecular complexity index is 441. The van der Waals surface area contributed by atoms with E-state index in [1.54, 1.807) is 9.80 Å². The number of carbonyl (C=O) groups is 3. The number of ether oxygens (including phenoxy) is 1. The molecule has 2 unspecified atom stereocenters. The molecule has 2 rings (SSSR count). The third-order valence-corrected chi connectivity index (χ3v) is 4.28. The number of rotatable bonds is 4. The summed E-state index contributed by atoms with van der Waals surface area (Å²) in [6, 6.07) is 0. The molecule has 0 aromatic rings. The van der Waals surface area contributed by atoms with Gasteiger partial charge in [-0.1, -0.05) is 6.92 Å². The lowest BCUT2D eigenvalue weighted by molar-refractivity contribution is -0.150. The van der Waals surface area contributed by atoms with Crippen LogP contribution in [0.25, 0.3) is 0 Å². The molecule has 2 aliphatic heterocycles. The van der Waals surface area contributed by atoms with Gasteiger partial charge in [0.15, 0.2) is 6.10 Å². The molecular formula is C15H25N3O4. The minimum absolute atomic E-state index is 0.00329. The van der Waals surface area contributed by atoms with Crippen molar-refractivity contribution in [2.75, 3.05) is 32.8 Å². The standard InChI is InChI=1S/C15H25N3O4/c1-2-4-13(19)17-6-3-5-11(9-17)15(21)18-7-8-22-12(10-18)14(16)20/h11-12H,2-10H2,1H3,(H2,16,20). The van der Waals surface area contributed by atoms with Crippen LogP contribution < -0.4 is 5.73 Å². The minimum atomic E-state index is -0.723. The molecule has 0 bridgehead atoms. The van der Waals surface area contributed by atoms with Crippen LogP contribution in [-0.2, 0) is 19.1 Å². The molecule has 2 aliphatic rings. The first kappa shape index (κ1) is 16.7. The van der Waals surface area contributed by atoms with E-state index < -0.39 is 12.0 Å². The van der Waals surface area contributed by atoms with Gasteiger partial charge in [0.2, 0.25) is 17.7 Å². The van der Waals surface area contributed by atoms with Crippen LogP contribution in [0.2, 0.25) is 0 Å². The molecule has 2 heterocycles. The molecule has 2 atom stereocenters. The number of morpholine rings is 1. The Balaban J connectivity index is 1.93. The first-order chi connectivity index (χ1) is 10.5. The molecule has 0 spiro atoms. The highest BCUT2D eigenvalue weighted by molar-refractivity contribution is 5.83. The van der Waals surface area contributed by atoms with Crippen LogP contribution in [0.3, 0.4) is 0 Å². The molecule has 0 aliphatic carbocycles. The van der Waals surface area contributed by atoms with E-state index in [1.165, 1.54) is 0 Å². The summed E-state index contributed by atoms with van der Waals surface area (Å²) in [6.45, 7) is 4.20. The van der Waals surface area contributed by atoms with Gasteiger partial charge in [0, 0.05) is 26.1 Å². The van der Waals surface area contributed by atoms with Crippen molar-refractivity contribution >= 4 is 17.7 Å². The van der Waals surface area contributed by atoms with Gasteiger partial charge >= 0.3 is 0 Å². The van der Waals surface area contributed by atoms with Crippen molar-refractivity contribution in [2.45, 2.75) is 38.7 Å². The molecule has 0 saturated carbocycles. The summed E-state index contributed by atoms with van der Waals surface area (Å²) in [5.74, 6) is -0.595. The summed E-state index contributed by atoms with van der Waals surface area (Å²) in [7, 11) is 0. The van der Waals surface area contributed by atoms with E-state index in [4.69, 9.17) is 10.5 Å². The number of nitrogens with zero attached hydrogens (tertiary/aromatic N) is 2. The number of amides is 3. The van der Waals surface area contributed by atoms with Crippen LogP contribution in [0.4, 0.5) is 0 Å². The van der Waals surface area contributed by atoms with Crippen molar-refractivity contribution in [2.24, 2.45) is 11.7 Å². The van der Waals surface area contributed by atoms with Crippen molar-refractivity contribution in [1.29, 1.82) is 0 Å². The first-order valence-electron chi connectivity index (χ1n) is 8.00. The topological polar surface area (TPSA) is 92.9 Å². The lowest BCUT2D eigenvalue weighted by Crippen LogP contribution is -2.54. The molecule has 3 amide bonds. The molecule has 2 saturated heterocycles. The molecule has 2 fully saturated rings. The first-order valence-corrected chi connectivity index (χ1v) is 8.00. The summed E-state index contributed by atoms with van der Waals surface area (Å²) in [4.78, 5) is 39.3. The lowest BCUT2D eigenvalue weighted by Gasteiger charge is -2.37. The zero-order chi connectivity index (χ0) is 16.1. The Morgan fingerprint density at radius 1 is 1.18 bits per heavy atom. The van der Waals surface area contributed by atoms with E-state index >= 15 is 0 Å². The second-order valence-electron chi connectivity index (χ2n) is 5.97. The van der Waals surface area contributed by atoms with E-state index in [9.17, 15) is 14.4 Å². The highest BCUT2D eigenvalue weighted by atomic mass is 16.5. The molecule has 22 heavy (non-hydrogen) atoms. The third-order valence-electron chi connectivity index (χ3n) is 4.28. The van der Waals surface area contributed by atoms with Crippen LogP contribution in [-0.4, -0.2) is 66.4 Å². The number of carbonyl (C=O) groups excluding carboxylic acids is 3. The molecule has 7 heteroatoms. The van der Waals surface area contributed by atoms with Crippen molar-refractivity contribution < 1.29 is 19.1 Å². The summed E-state index contributed by atoms with van der Waals surface area (Å²) < 4.78 is 5.27. The number of primary amides is 1. The average molecular weight is 311 g/mol. The smallest absolute Gasteiger partial charge is 0.248 e. The summed E-state index contributed by atoms with van der Waals surface area (Å²) in [5.41, 5.74) is 5.25. The van der Waals surface area contributed by atoms with E-state index in [0.29, 0.717) is 26.1 Å². The van der Waals surface area contributed by atoms with Crippen LogP contribution in [0.1, 0.15) is 32.6 Å². The zero-order valence-corrected chi connectivity index (χ0v) is 13.1. The van der Waals surface area contributed by atoms with Gasteiger partial charge in [-0.25, -0.2) is 0 Å². The SMILES string of the molecule is CCCC(=O)N1CCCC(C(=O)N2CCOC(C(N)=O)C2)C1. The van der Waals surface area contributed by atoms with Gasteiger partial charge in [-0.15, -0.1) is 0 Å². The van der Waals surface area contributed by atoms with Gasteiger partial charge in [-0.3, -0.25) is 14.4 Å². The second kappa shape index (κ2) is 7.58. The average Bonchev–Trinajstić information content (AvgIpc) is 2.54. The minimum Gasteiger partial charge on any atom is -0.367 e. The molecule has 2 N–H and O–H groups in total. The Labute approximate surface area is 130 Å². The monoisotopic (exact) mass is 311 g/mol. The number of hydrogen-bond acceptors (Lipinski definition) is 4. The Morgan fingerprint density at radius 2 is 1.95 bits per heavy atom. The van der Waals surface area contributed by atoms with Gasteiger partial charge in [0.05, 0.1) is 19.1 Å². The predicted octanol–water partition coefficient (Wildman–Crippen LogP) is -0.262. The number of nitrogens with two attached hydrogens (primary N) is 1. The zero-order valence-electron chi connectivity index (χ0n) is 13.1. The van der Waals surface area contributed by atoms with E-state index in [1.807, 2.05) is 6.92 Å². The fourth-order valence-corrected chi connectivity index (χ4v) is 3.06. The molecule has 0 aromatic heterocycles. The van der Waals surface area contributed by atoms with Crippen LogP contribution in [0, 0.1) is 5.92 Å². The predicted molar refractivity (Wildman–Crippen MR) is 79.7 cm³/mol. The van der Waals surface area contributed by atoms with E-state index in [-0.39, 0.29) is 24.3 Å². The molecule has 0 radical (unpaired) electrons. The van der Waals surface area contributed by atoms with Gasteiger partial charge < -0.3 is 20.3 Å². The quantitative estimate of drug-likeness (QED) is 0.774. The van der Waals surface area contributed by atoms with Gasteiger partial charge in [0.1, 0.15) is 0 Å². The number of likely N-dealkylation sites (tertiary alicyclic amines) is 1. The molecular weight excluding hydrogens is 286 g/mol. The third kappa shape index (κ3) is 3.97. The highest BCUT2D eigenvalue weighted by Gasteiger charge is 2.34. The largest absolute Gasteiger partial charge is 0.367 e. The second-order valence-corrected chi connectivity index (χ2v) is 5.97. The highest BCUT2D eigenvalue weighted by Crippen LogP contribution is 2.21. The maximum atomic E-state index is 12.6. The fourth-order valence-electron chi connectivity index (χ4n) is 3.06. The molecule has 124 valence electrons. The summed E-state index contributed by atoms with van der Waals surface area (Å²) in [6.07, 6.45) is 2.25. The van der Waals surface area contributed by atoms with Crippen LogP contribution in [0.15, 0.2) is 0 Å². The molecule has 7 nitrogen and oxygen atoms in total. The van der Waals surface area contributed by atoms with Crippen molar-refractivity contribution in [3.8, 4) is 0 Å².